The molecule has 0 saturated carbocycles. The van der Waals surface area contributed by atoms with Crippen molar-refractivity contribution in [2.45, 2.75) is 19.0 Å². The molecule has 5 rings (SSSR count). The summed E-state index contributed by atoms with van der Waals surface area (Å²) in [6, 6.07) is 3.31. The van der Waals surface area contributed by atoms with Gasteiger partial charge in [-0.25, -0.2) is 18.5 Å². The predicted octanol–water partition coefficient (Wildman–Crippen LogP) is 0.771. The van der Waals surface area contributed by atoms with Gasteiger partial charge in [0.2, 0.25) is 0 Å². The lowest BCUT2D eigenvalue weighted by molar-refractivity contribution is -0.143. The third-order valence-corrected chi connectivity index (χ3v) is 9.71. The van der Waals surface area contributed by atoms with Gasteiger partial charge in [0.15, 0.2) is 5.01 Å². The fourth-order valence-electron chi connectivity index (χ4n) is 4.72. The van der Waals surface area contributed by atoms with Crippen molar-refractivity contribution >= 4 is 56.1 Å². The van der Waals surface area contributed by atoms with Crippen LogP contribution >= 0.6 is 11.3 Å². The number of fused-ring (bicyclic) bond motifs is 2. The standard InChI is InChI=1S/C24H27N7O7S2/c1-28-6-5-17-19(13-28)39-21(26-17)22(32)31-8-7-29(12-18(31)23(33)34)40(36,37)30-10-15-4-3-14(9-16(15)11-30)20(25)27-24(35)38-2/h3-4,9-11,18H,5-8,12-13H2,1-2H3,(H,33,34)(H2,25,27,35). The molecule has 1 atom stereocenters. The average Bonchev–Trinajstić information content (AvgIpc) is 3.56. The molecule has 2 aliphatic heterocycles. The molecule has 0 spiro atoms. The molecule has 1 aromatic carbocycles. The molecule has 1 saturated heterocycles. The Hall–Kier alpha value is -3.86. The monoisotopic (exact) mass is 589 g/mol. The Morgan fingerprint density at radius 1 is 1.18 bits per heavy atom. The number of thiazole rings is 1. The number of hydrogen-bond acceptors (Lipinski definition) is 10. The van der Waals surface area contributed by atoms with Crippen LogP contribution in [0.1, 0.15) is 25.9 Å². The van der Waals surface area contributed by atoms with Gasteiger partial charge in [-0.3, -0.25) is 15.5 Å². The minimum absolute atomic E-state index is 0.0981. The zero-order chi connectivity index (χ0) is 28.8. The number of nitrogens with one attached hydrogen (secondary N) is 2. The van der Waals surface area contributed by atoms with Crippen LogP contribution in [0.25, 0.3) is 10.8 Å². The molecular formula is C24H27N7O7S2. The molecule has 0 bridgehead atoms. The fourth-order valence-corrected chi connectivity index (χ4v) is 7.27. The van der Waals surface area contributed by atoms with Crippen LogP contribution in [-0.4, -0.2) is 107 Å². The van der Waals surface area contributed by atoms with E-state index in [0.717, 1.165) is 25.4 Å². The smallest absolute Gasteiger partial charge is 0.412 e. The number of rotatable bonds is 5. The van der Waals surface area contributed by atoms with E-state index in [1.165, 1.54) is 35.7 Å². The van der Waals surface area contributed by atoms with Crippen molar-refractivity contribution in [2.75, 3.05) is 40.3 Å². The summed E-state index contributed by atoms with van der Waals surface area (Å²) in [4.78, 5) is 45.6. The van der Waals surface area contributed by atoms with E-state index in [2.05, 4.69) is 19.9 Å². The largest absolute Gasteiger partial charge is 0.480 e. The molecule has 212 valence electrons. The number of carbonyl (C=O) groups is 3. The number of likely N-dealkylation sites (N-methyl/N-ethyl adjacent to an activating group) is 1. The number of amidine groups is 1. The van der Waals surface area contributed by atoms with E-state index < -0.39 is 40.8 Å². The van der Waals surface area contributed by atoms with E-state index in [0.29, 0.717) is 29.3 Å². The van der Waals surface area contributed by atoms with E-state index in [-0.39, 0.29) is 23.9 Å². The first kappa shape index (κ1) is 27.7. The molecule has 4 heterocycles. The number of alkyl carbamates (subject to hydrolysis) is 1. The number of methoxy groups -OCH3 is 1. The maximum absolute atomic E-state index is 13.5. The first-order valence-electron chi connectivity index (χ1n) is 12.2. The molecule has 40 heavy (non-hydrogen) atoms. The fraction of sp³-hybridized carbons (Fsp3) is 0.375. The van der Waals surface area contributed by atoms with Crippen molar-refractivity contribution in [3.63, 3.8) is 0 Å². The van der Waals surface area contributed by atoms with Gasteiger partial charge in [-0.2, -0.15) is 12.7 Å². The van der Waals surface area contributed by atoms with Gasteiger partial charge in [0.1, 0.15) is 11.9 Å². The quantitative estimate of drug-likeness (QED) is 0.286. The van der Waals surface area contributed by atoms with Crippen LogP contribution in [0.15, 0.2) is 30.6 Å². The van der Waals surface area contributed by atoms with Gasteiger partial charge in [-0.05, 0) is 13.1 Å². The minimum Gasteiger partial charge on any atom is -0.480 e. The normalized spacial score (nSPS) is 18.4. The molecule has 2 amide bonds. The first-order valence-corrected chi connectivity index (χ1v) is 14.5. The highest BCUT2D eigenvalue weighted by atomic mass is 32.2. The lowest BCUT2D eigenvalue weighted by Gasteiger charge is -2.38. The molecule has 0 aliphatic carbocycles. The Bertz CT molecular complexity index is 1630. The summed E-state index contributed by atoms with van der Waals surface area (Å²) in [6.45, 7) is 0.857. The second-order valence-corrected chi connectivity index (χ2v) is 12.4. The zero-order valence-corrected chi connectivity index (χ0v) is 23.3. The molecule has 3 N–H and O–H groups in total. The number of aromatic nitrogens is 2. The van der Waals surface area contributed by atoms with Crippen LogP contribution in [0.4, 0.5) is 4.79 Å². The van der Waals surface area contributed by atoms with Gasteiger partial charge >= 0.3 is 22.3 Å². The van der Waals surface area contributed by atoms with Crippen molar-refractivity contribution in [3.05, 3.63) is 51.7 Å². The van der Waals surface area contributed by atoms with Crippen molar-refractivity contribution in [1.82, 2.24) is 28.4 Å². The zero-order valence-electron chi connectivity index (χ0n) is 21.7. The second kappa shape index (κ2) is 10.6. The predicted molar refractivity (Wildman–Crippen MR) is 145 cm³/mol. The molecule has 16 heteroatoms. The van der Waals surface area contributed by atoms with Gasteiger partial charge in [0.05, 0.1) is 12.8 Å². The van der Waals surface area contributed by atoms with Gasteiger partial charge in [-0.1, -0.05) is 12.1 Å². The summed E-state index contributed by atoms with van der Waals surface area (Å²) in [5, 5.41) is 21.4. The molecule has 1 unspecified atom stereocenters. The number of hydrogen-bond donors (Lipinski definition) is 3. The molecule has 1 fully saturated rings. The average molecular weight is 590 g/mol. The second-order valence-electron chi connectivity index (χ2n) is 9.52. The molecule has 0 radical (unpaired) electrons. The maximum atomic E-state index is 13.5. The van der Waals surface area contributed by atoms with Crippen LogP contribution < -0.4 is 5.32 Å². The Morgan fingerprint density at radius 3 is 2.65 bits per heavy atom. The SMILES string of the molecule is COC(=O)NC(=N)c1ccc2cn(S(=O)(=O)N3CCN(C(=O)c4nc5c(s4)CN(C)CC5)C(C(=O)O)C3)cc2c1. The van der Waals surface area contributed by atoms with Crippen molar-refractivity contribution in [3.8, 4) is 0 Å². The topological polar surface area (TPSA) is 178 Å². The highest BCUT2D eigenvalue weighted by molar-refractivity contribution is 7.87. The van der Waals surface area contributed by atoms with Crippen LogP contribution in [0, 0.1) is 5.41 Å². The lowest BCUT2D eigenvalue weighted by Crippen LogP contribution is -2.59. The molecule has 3 aromatic rings. The van der Waals surface area contributed by atoms with E-state index in [4.69, 9.17) is 5.41 Å². The Labute approximate surface area is 233 Å². The minimum atomic E-state index is -4.18. The molecular weight excluding hydrogens is 562 g/mol. The highest BCUT2D eigenvalue weighted by Crippen LogP contribution is 2.27. The number of carboxylic acid groups (broad SMARTS) is 1. The first-order chi connectivity index (χ1) is 19.0. The Morgan fingerprint density at radius 2 is 1.93 bits per heavy atom. The molecule has 2 aromatic heterocycles. The summed E-state index contributed by atoms with van der Waals surface area (Å²) >= 11 is 1.25. The van der Waals surface area contributed by atoms with Crippen LogP contribution in [0.2, 0.25) is 0 Å². The summed E-state index contributed by atoms with van der Waals surface area (Å²) in [5.74, 6) is -2.05. The van der Waals surface area contributed by atoms with Gasteiger partial charge in [-0.15, -0.1) is 11.3 Å². The number of aliphatic carboxylic acids is 1. The summed E-state index contributed by atoms with van der Waals surface area (Å²) in [5.41, 5.74) is 1.18. The highest BCUT2D eigenvalue weighted by Gasteiger charge is 2.41. The van der Waals surface area contributed by atoms with E-state index in [9.17, 15) is 27.9 Å². The Balaban J connectivity index is 1.35. The molecule has 2 aliphatic rings. The maximum Gasteiger partial charge on any atom is 0.412 e. The summed E-state index contributed by atoms with van der Waals surface area (Å²) in [6.07, 6.45) is 2.64. The summed E-state index contributed by atoms with van der Waals surface area (Å²) in [7, 11) is -1.03. The number of ether oxygens (including phenoxy) is 1. The van der Waals surface area contributed by atoms with Gasteiger partial charge in [0, 0.05) is 72.8 Å². The van der Waals surface area contributed by atoms with E-state index in [1.807, 2.05) is 7.05 Å². The summed E-state index contributed by atoms with van der Waals surface area (Å²) < 4.78 is 33.5. The van der Waals surface area contributed by atoms with Gasteiger partial charge < -0.3 is 19.6 Å². The van der Waals surface area contributed by atoms with Crippen LogP contribution in [0.5, 0.6) is 0 Å². The number of piperazine rings is 1. The van der Waals surface area contributed by atoms with Crippen LogP contribution in [-0.2, 0) is 32.7 Å². The Kier molecular flexibility index (Phi) is 7.34. The van der Waals surface area contributed by atoms with Crippen molar-refractivity contribution < 1.29 is 32.6 Å². The number of carboxylic acids is 1. The number of carbonyl (C=O) groups excluding carboxylic acids is 2. The third kappa shape index (κ3) is 5.17. The van der Waals surface area contributed by atoms with E-state index in [1.54, 1.807) is 18.2 Å². The van der Waals surface area contributed by atoms with Crippen molar-refractivity contribution in [2.24, 2.45) is 0 Å². The van der Waals surface area contributed by atoms with Crippen LogP contribution in [0.3, 0.4) is 0 Å². The van der Waals surface area contributed by atoms with Gasteiger partial charge in [0.25, 0.3) is 5.91 Å². The van der Waals surface area contributed by atoms with Crippen molar-refractivity contribution in [1.29, 1.82) is 5.41 Å². The third-order valence-electron chi connectivity index (χ3n) is 6.91. The number of nitrogens with zero attached hydrogens (tertiary/aromatic N) is 5. The molecule has 14 nitrogen and oxygen atoms in total. The van der Waals surface area contributed by atoms with E-state index >= 15 is 0 Å². The number of amides is 2. The number of benzene rings is 1. The lowest BCUT2D eigenvalue weighted by atomic mass is 10.1.